The molecule has 12 nitrogen and oxygen atoms in total. The molecule has 8 N–H and O–H groups in total. The van der Waals surface area contributed by atoms with Crippen molar-refractivity contribution in [3.8, 4) is 11.5 Å². The molecule has 2 heterocycles. The number of carbonyl (C=O) groups excluding carboxylic acids is 1. The third-order valence-corrected chi connectivity index (χ3v) is 6.70. The molecule has 3 rings (SSSR count). The molecule has 1 atom stereocenters. The average molecular weight is 486 g/mol. The van der Waals surface area contributed by atoms with E-state index in [0.29, 0.717) is 24.5 Å². The molecule has 1 amide bonds. The fourth-order valence-corrected chi connectivity index (χ4v) is 4.77. The first-order valence-corrected chi connectivity index (χ1v) is 11.8. The highest BCUT2D eigenvalue weighted by atomic mass is 32.2. The Labute approximate surface area is 187 Å². The average Bonchev–Trinajstić information content (AvgIpc) is 3.38. The van der Waals surface area contributed by atoms with Gasteiger partial charge in [0.05, 0.1) is 10.6 Å². The number of thiophene rings is 1. The molecule has 0 bridgehead atoms. The first kappa shape index (κ1) is 23.7. The van der Waals surface area contributed by atoms with Gasteiger partial charge in [-0.1, -0.05) is 0 Å². The summed E-state index contributed by atoms with van der Waals surface area (Å²) in [6.45, 7) is 0.373. The maximum absolute atomic E-state index is 12.8. The van der Waals surface area contributed by atoms with Crippen molar-refractivity contribution in [1.29, 1.82) is 0 Å². The van der Waals surface area contributed by atoms with E-state index in [1.165, 1.54) is 29.6 Å². The van der Waals surface area contributed by atoms with Gasteiger partial charge in [0.25, 0.3) is 15.9 Å². The Morgan fingerprint density at radius 1 is 1.19 bits per heavy atom. The van der Waals surface area contributed by atoms with Crippen molar-refractivity contribution in [2.24, 2.45) is 11.5 Å². The maximum atomic E-state index is 12.8. The molecular formula is C18H23N5O7S2. The number of carboxylic acids is 1. The van der Waals surface area contributed by atoms with Crippen LogP contribution in [0, 0.1) is 0 Å². The van der Waals surface area contributed by atoms with Crippen molar-refractivity contribution >= 4 is 38.9 Å². The molecule has 0 spiro atoms. The summed E-state index contributed by atoms with van der Waals surface area (Å²) in [4.78, 5) is 24.1. The Kier molecular flexibility index (Phi) is 7.52. The van der Waals surface area contributed by atoms with Crippen LogP contribution in [0.15, 0.2) is 34.5 Å². The highest BCUT2D eigenvalue weighted by Gasteiger charge is 2.26. The summed E-state index contributed by atoms with van der Waals surface area (Å²) in [6.07, 6.45) is -0.194. The first-order valence-electron chi connectivity index (χ1n) is 9.45. The lowest BCUT2D eigenvalue weighted by molar-refractivity contribution is -0.139. The molecule has 174 valence electrons. The largest absolute Gasteiger partial charge is 0.480 e. The van der Waals surface area contributed by atoms with Crippen molar-refractivity contribution < 1.29 is 32.6 Å². The van der Waals surface area contributed by atoms with Crippen molar-refractivity contribution in [2.45, 2.75) is 30.1 Å². The highest BCUT2D eigenvalue weighted by Crippen LogP contribution is 2.34. The van der Waals surface area contributed by atoms with Crippen LogP contribution in [-0.4, -0.2) is 51.1 Å². The van der Waals surface area contributed by atoms with E-state index in [1.807, 2.05) is 0 Å². The Hall–Kier alpha value is -2.91. The second kappa shape index (κ2) is 10.1. The highest BCUT2D eigenvalue weighted by molar-refractivity contribution is 7.92. The Bertz CT molecular complexity index is 1090. The van der Waals surface area contributed by atoms with E-state index < -0.39 is 34.2 Å². The van der Waals surface area contributed by atoms with Crippen LogP contribution in [0.25, 0.3) is 0 Å². The van der Waals surface area contributed by atoms with Gasteiger partial charge < -0.3 is 31.4 Å². The number of hydrogen-bond acceptors (Lipinski definition) is 10. The number of nitrogens with one attached hydrogen (secondary N) is 3. The molecule has 0 fully saturated rings. The summed E-state index contributed by atoms with van der Waals surface area (Å²) >= 11 is 0.978. The fourth-order valence-electron chi connectivity index (χ4n) is 2.87. The van der Waals surface area contributed by atoms with Gasteiger partial charge in [0.1, 0.15) is 17.2 Å². The lowest BCUT2D eigenvalue weighted by Crippen LogP contribution is -2.46. The third kappa shape index (κ3) is 5.86. The van der Waals surface area contributed by atoms with Gasteiger partial charge in [0, 0.05) is 6.07 Å². The van der Waals surface area contributed by atoms with Crippen molar-refractivity contribution in [2.75, 3.05) is 18.1 Å². The summed E-state index contributed by atoms with van der Waals surface area (Å²) in [5, 5.41) is 16.1. The molecule has 1 aromatic heterocycles. The zero-order chi connectivity index (χ0) is 23.3. The van der Waals surface area contributed by atoms with E-state index in [9.17, 15) is 23.1 Å². The molecular weight excluding hydrogens is 462 g/mol. The van der Waals surface area contributed by atoms with Crippen LogP contribution in [0.3, 0.4) is 0 Å². The zero-order valence-electron chi connectivity index (χ0n) is 16.7. The van der Waals surface area contributed by atoms with E-state index in [2.05, 4.69) is 15.4 Å². The monoisotopic (exact) mass is 485 g/mol. The van der Waals surface area contributed by atoms with Gasteiger partial charge in [-0.3, -0.25) is 14.8 Å². The number of carboxylic acid groups (broad SMARTS) is 1. The number of fused-ring (bicyclic) bond motifs is 1. The van der Waals surface area contributed by atoms with E-state index in [-0.39, 0.29) is 28.7 Å². The molecule has 1 aliphatic rings. The minimum Gasteiger partial charge on any atom is -0.480 e. The molecule has 0 aliphatic carbocycles. The predicted molar refractivity (Wildman–Crippen MR) is 116 cm³/mol. The topological polar surface area (TPSA) is 195 Å². The third-order valence-electron chi connectivity index (χ3n) is 4.42. The molecule has 1 aliphatic heterocycles. The number of benzene rings is 1. The van der Waals surface area contributed by atoms with Gasteiger partial charge in [-0.2, -0.15) is 0 Å². The lowest BCUT2D eigenvalue weighted by atomic mass is 10.1. The number of aliphatic carboxylic acids is 1. The van der Waals surface area contributed by atoms with Crippen LogP contribution in [0.1, 0.15) is 22.5 Å². The van der Waals surface area contributed by atoms with E-state index in [0.717, 1.165) is 11.3 Å². The summed E-state index contributed by atoms with van der Waals surface area (Å²) in [5.74, 6) is -1.19. The van der Waals surface area contributed by atoms with Crippen LogP contribution in [0.5, 0.6) is 11.5 Å². The van der Waals surface area contributed by atoms with Crippen LogP contribution in [-0.2, 0) is 14.8 Å². The Morgan fingerprint density at radius 3 is 2.66 bits per heavy atom. The number of nitrogens with two attached hydrogens (primary N) is 2. The number of ether oxygens (including phenoxy) is 2. The van der Waals surface area contributed by atoms with Gasteiger partial charge >= 0.3 is 5.97 Å². The second-order valence-electron chi connectivity index (χ2n) is 6.77. The summed E-state index contributed by atoms with van der Waals surface area (Å²) in [5.41, 5.74) is 10.8. The van der Waals surface area contributed by atoms with Gasteiger partial charge in [-0.05, 0) is 43.0 Å². The smallest absolute Gasteiger partial charge is 0.326 e. The summed E-state index contributed by atoms with van der Waals surface area (Å²) in [7, 11) is -4.04. The number of amides is 1. The van der Waals surface area contributed by atoms with E-state index in [1.54, 1.807) is 0 Å². The van der Waals surface area contributed by atoms with Crippen molar-refractivity contribution in [1.82, 2.24) is 10.6 Å². The van der Waals surface area contributed by atoms with Crippen LogP contribution in [0.2, 0.25) is 0 Å². The molecule has 32 heavy (non-hydrogen) atoms. The predicted octanol–water partition coefficient (Wildman–Crippen LogP) is 0.0314. The molecule has 0 unspecified atom stereocenters. The van der Waals surface area contributed by atoms with Gasteiger partial charge in [-0.25, -0.2) is 13.2 Å². The Morgan fingerprint density at radius 2 is 1.94 bits per heavy atom. The number of sulfonamides is 1. The summed E-state index contributed by atoms with van der Waals surface area (Å²) in [6, 6.07) is 4.40. The SMILES string of the molecule is NC(N)NCCC[C@H](NC(=O)c1sccc1NS(=O)(=O)c1ccc2c(c1)OCO2)C(=O)O. The maximum Gasteiger partial charge on any atom is 0.326 e. The molecule has 0 radical (unpaired) electrons. The molecule has 2 aromatic rings. The van der Waals surface area contributed by atoms with Crippen molar-refractivity contribution in [3.05, 3.63) is 34.5 Å². The van der Waals surface area contributed by atoms with Gasteiger partial charge in [0.2, 0.25) is 6.79 Å². The number of hydrogen-bond donors (Lipinski definition) is 6. The van der Waals surface area contributed by atoms with Crippen molar-refractivity contribution in [3.63, 3.8) is 0 Å². The molecule has 1 aromatic carbocycles. The van der Waals surface area contributed by atoms with E-state index in [4.69, 9.17) is 20.9 Å². The van der Waals surface area contributed by atoms with Crippen LogP contribution in [0.4, 0.5) is 5.69 Å². The number of rotatable bonds is 11. The molecule has 14 heteroatoms. The number of anilines is 1. The minimum absolute atomic E-state index is 0.000938. The molecule has 0 saturated carbocycles. The lowest BCUT2D eigenvalue weighted by Gasteiger charge is -2.16. The quantitative estimate of drug-likeness (QED) is 0.187. The zero-order valence-corrected chi connectivity index (χ0v) is 18.4. The number of carbonyl (C=O) groups is 2. The van der Waals surface area contributed by atoms with Crippen LogP contribution < -0.4 is 36.3 Å². The second-order valence-corrected chi connectivity index (χ2v) is 9.37. The van der Waals surface area contributed by atoms with Crippen LogP contribution >= 0.6 is 11.3 Å². The first-order chi connectivity index (χ1) is 15.2. The molecule has 0 saturated heterocycles. The fraction of sp³-hybridized carbons (Fsp3) is 0.333. The normalized spacial score (nSPS) is 13.7. The summed E-state index contributed by atoms with van der Waals surface area (Å²) < 4.78 is 38.3. The van der Waals surface area contributed by atoms with Gasteiger partial charge in [-0.15, -0.1) is 11.3 Å². The Balaban J connectivity index is 1.68. The van der Waals surface area contributed by atoms with Gasteiger partial charge in [0.15, 0.2) is 11.5 Å². The van der Waals surface area contributed by atoms with E-state index >= 15 is 0 Å². The minimum atomic E-state index is -4.04. The standard InChI is InChI=1S/C18H23N5O7S2/c19-18(20)21-6-1-2-12(17(25)26)22-16(24)15-11(5-7-31-15)23-32(27,28)10-3-4-13-14(8-10)30-9-29-13/h3-5,7-8,12,18,21,23H,1-2,6,9,19-20H2,(H,22,24)(H,25,26)/t12-/m0/s1.